The van der Waals surface area contributed by atoms with Crippen molar-refractivity contribution < 1.29 is 9.53 Å². The lowest BCUT2D eigenvalue weighted by atomic mass is 10.2. The summed E-state index contributed by atoms with van der Waals surface area (Å²) >= 11 is 7.46. The molecule has 134 valence electrons. The Hall–Kier alpha value is -2.72. The Morgan fingerprint density at radius 1 is 1.42 bits per heavy atom. The first-order valence-corrected chi connectivity index (χ1v) is 8.86. The van der Waals surface area contributed by atoms with Crippen molar-refractivity contribution in [3.63, 3.8) is 0 Å². The number of imidazole rings is 1. The molecule has 0 aliphatic carbocycles. The molecule has 9 nitrogen and oxygen atoms in total. The fourth-order valence-corrected chi connectivity index (χ4v) is 3.43. The van der Waals surface area contributed by atoms with Gasteiger partial charge in [-0.05, 0) is 17.4 Å². The molecule has 0 atom stereocenters. The van der Waals surface area contributed by atoms with Crippen LogP contribution in [0.2, 0.25) is 5.15 Å². The van der Waals surface area contributed by atoms with Crippen molar-refractivity contribution in [2.24, 2.45) is 0 Å². The molecular formula is C15H14ClN7O2S. The van der Waals surface area contributed by atoms with Crippen molar-refractivity contribution in [3.05, 3.63) is 28.9 Å². The van der Waals surface area contributed by atoms with Crippen molar-refractivity contribution in [2.45, 2.75) is 6.54 Å². The first kappa shape index (κ1) is 16.7. The van der Waals surface area contributed by atoms with Crippen molar-refractivity contribution >= 4 is 46.2 Å². The number of anilines is 1. The summed E-state index contributed by atoms with van der Waals surface area (Å²) in [6, 6.07) is 0. The molecule has 1 aliphatic heterocycles. The monoisotopic (exact) mass is 391 g/mol. The van der Waals surface area contributed by atoms with E-state index in [1.807, 2.05) is 31.3 Å². The molecule has 0 radical (unpaired) electrons. The number of rotatable bonds is 5. The van der Waals surface area contributed by atoms with Crippen LogP contribution in [-0.4, -0.2) is 56.4 Å². The van der Waals surface area contributed by atoms with Gasteiger partial charge < -0.3 is 19.3 Å². The minimum absolute atomic E-state index is 0.207. The maximum Gasteiger partial charge on any atom is 0.300 e. The van der Waals surface area contributed by atoms with Gasteiger partial charge in [-0.2, -0.15) is 4.98 Å². The summed E-state index contributed by atoms with van der Waals surface area (Å²) in [4.78, 5) is 28.0. The maximum absolute atomic E-state index is 10.7. The summed E-state index contributed by atoms with van der Waals surface area (Å²) in [7, 11) is 3.65. The minimum Gasteiger partial charge on any atom is -0.425 e. The smallest absolute Gasteiger partial charge is 0.300 e. The quantitative estimate of drug-likeness (QED) is 0.482. The van der Waals surface area contributed by atoms with Crippen molar-refractivity contribution in [2.75, 3.05) is 25.5 Å². The zero-order chi connectivity index (χ0) is 18.3. The number of nitrogens with zero attached hydrogens (tertiary/aromatic N) is 7. The summed E-state index contributed by atoms with van der Waals surface area (Å²) in [6.45, 7) is 0.873. The number of hydrogen-bond donors (Lipinski definition) is 0. The lowest BCUT2D eigenvalue weighted by Crippen LogP contribution is -2.22. The van der Waals surface area contributed by atoms with Gasteiger partial charge in [0, 0.05) is 20.3 Å². The number of fused-ring (bicyclic) bond motifs is 3. The van der Waals surface area contributed by atoms with Gasteiger partial charge in [0.15, 0.2) is 10.9 Å². The first-order valence-electron chi connectivity index (χ1n) is 7.67. The van der Waals surface area contributed by atoms with Crippen molar-refractivity contribution in [3.8, 4) is 10.9 Å². The van der Waals surface area contributed by atoms with Gasteiger partial charge in [0.25, 0.3) is 5.19 Å². The molecule has 3 aromatic rings. The number of ether oxygens (including phenoxy) is 1. The molecule has 0 spiro atoms. The van der Waals surface area contributed by atoms with Gasteiger partial charge in [0.05, 0.1) is 30.7 Å². The highest BCUT2D eigenvalue weighted by atomic mass is 35.5. The van der Waals surface area contributed by atoms with E-state index < -0.39 is 0 Å². The zero-order valence-electron chi connectivity index (χ0n) is 14.0. The van der Waals surface area contributed by atoms with E-state index in [-0.39, 0.29) is 5.15 Å². The summed E-state index contributed by atoms with van der Waals surface area (Å²) in [6.07, 6.45) is 6.10. The molecule has 3 aromatic heterocycles. The standard InChI is InChI=1S/C15H14ClN7O2S/c1-21(2)13-17-7-11(12(16)19-13)25-15-20-23-10-8-22(5-6-24)4-3-9(10)18-14(23)26-15/h3-4,6-7H,5,8H2,1-2H3. The van der Waals surface area contributed by atoms with Crippen molar-refractivity contribution in [1.29, 1.82) is 0 Å². The average molecular weight is 392 g/mol. The Labute approximate surface area is 157 Å². The first-order chi connectivity index (χ1) is 12.5. The van der Waals surface area contributed by atoms with E-state index in [1.54, 1.807) is 9.42 Å². The van der Waals surface area contributed by atoms with Gasteiger partial charge in [-0.15, -0.1) is 5.10 Å². The van der Waals surface area contributed by atoms with Gasteiger partial charge in [0.2, 0.25) is 10.9 Å². The molecule has 26 heavy (non-hydrogen) atoms. The van der Waals surface area contributed by atoms with Crippen LogP contribution in [0.25, 0.3) is 11.0 Å². The van der Waals surface area contributed by atoms with Crippen LogP contribution in [0, 0.1) is 0 Å². The Morgan fingerprint density at radius 2 is 2.27 bits per heavy atom. The van der Waals surface area contributed by atoms with Crippen LogP contribution in [-0.2, 0) is 11.3 Å². The lowest BCUT2D eigenvalue weighted by Gasteiger charge is -2.20. The summed E-state index contributed by atoms with van der Waals surface area (Å²) in [5.41, 5.74) is 1.75. The SMILES string of the molecule is CN(C)c1ncc(Oc2nn3c4c(nc3s2)C=CN(CC=O)C4)c(Cl)n1. The summed E-state index contributed by atoms with van der Waals surface area (Å²) < 4.78 is 7.46. The number of aldehydes is 1. The van der Waals surface area contributed by atoms with Gasteiger partial charge in [0.1, 0.15) is 6.29 Å². The van der Waals surface area contributed by atoms with E-state index in [2.05, 4.69) is 20.1 Å². The fraction of sp³-hybridized carbons (Fsp3) is 0.267. The molecule has 0 N–H and O–H groups in total. The topological polar surface area (TPSA) is 88.8 Å². The van der Waals surface area contributed by atoms with Crippen LogP contribution in [0.1, 0.15) is 11.4 Å². The lowest BCUT2D eigenvalue weighted by molar-refractivity contribution is -0.108. The van der Waals surface area contributed by atoms with Crippen LogP contribution in [0.5, 0.6) is 10.9 Å². The third-order valence-electron chi connectivity index (χ3n) is 3.71. The molecule has 0 amide bonds. The van der Waals surface area contributed by atoms with Crippen LogP contribution in [0.15, 0.2) is 12.4 Å². The third kappa shape index (κ3) is 2.97. The molecule has 0 bridgehead atoms. The van der Waals surface area contributed by atoms with Gasteiger partial charge >= 0.3 is 0 Å². The van der Waals surface area contributed by atoms with E-state index in [9.17, 15) is 4.79 Å². The largest absolute Gasteiger partial charge is 0.425 e. The third-order valence-corrected chi connectivity index (χ3v) is 4.77. The molecule has 0 saturated heterocycles. The number of carbonyl (C=O) groups is 1. The number of halogens is 1. The highest BCUT2D eigenvalue weighted by molar-refractivity contribution is 7.18. The van der Waals surface area contributed by atoms with E-state index in [0.29, 0.717) is 34.9 Å². The molecule has 0 unspecified atom stereocenters. The van der Waals surface area contributed by atoms with E-state index in [4.69, 9.17) is 16.3 Å². The Bertz CT molecular complexity index is 1010. The van der Waals surface area contributed by atoms with Crippen molar-refractivity contribution in [1.82, 2.24) is 29.5 Å². The molecule has 4 heterocycles. The molecule has 4 rings (SSSR count). The maximum atomic E-state index is 10.7. The number of aromatic nitrogens is 5. The molecule has 11 heteroatoms. The molecular weight excluding hydrogens is 378 g/mol. The van der Waals surface area contributed by atoms with Crippen LogP contribution >= 0.6 is 22.9 Å². The van der Waals surface area contributed by atoms with Gasteiger partial charge in [-0.25, -0.2) is 14.5 Å². The van der Waals surface area contributed by atoms with Gasteiger partial charge in [-0.1, -0.05) is 11.6 Å². The second-order valence-corrected chi connectivity index (χ2v) is 7.02. The Balaban J connectivity index is 1.61. The minimum atomic E-state index is 0.207. The van der Waals surface area contributed by atoms with E-state index in [0.717, 1.165) is 17.7 Å². The average Bonchev–Trinajstić information content (AvgIpc) is 3.14. The predicted molar refractivity (Wildman–Crippen MR) is 97.8 cm³/mol. The zero-order valence-corrected chi connectivity index (χ0v) is 15.5. The van der Waals surface area contributed by atoms with Crippen LogP contribution < -0.4 is 9.64 Å². The Kier molecular flexibility index (Phi) is 4.21. The van der Waals surface area contributed by atoms with E-state index in [1.165, 1.54) is 17.5 Å². The highest BCUT2D eigenvalue weighted by Gasteiger charge is 2.21. The molecule has 0 fully saturated rings. The predicted octanol–water partition coefficient (Wildman–Crippen LogP) is 2.08. The second-order valence-electron chi connectivity index (χ2n) is 5.74. The highest BCUT2D eigenvalue weighted by Crippen LogP contribution is 2.33. The summed E-state index contributed by atoms with van der Waals surface area (Å²) in [5.74, 6) is 0.818. The van der Waals surface area contributed by atoms with Crippen LogP contribution in [0.4, 0.5) is 5.95 Å². The summed E-state index contributed by atoms with van der Waals surface area (Å²) in [5, 5.41) is 5.04. The molecule has 0 saturated carbocycles. The van der Waals surface area contributed by atoms with Gasteiger partial charge in [-0.3, -0.25) is 0 Å². The number of hydrogen-bond acceptors (Lipinski definition) is 9. The van der Waals surface area contributed by atoms with E-state index >= 15 is 0 Å². The second kappa shape index (κ2) is 6.54. The number of carbonyl (C=O) groups excluding carboxylic acids is 1. The fourth-order valence-electron chi connectivity index (χ4n) is 2.47. The Morgan fingerprint density at radius 3 is 3.00 bits per heavy atom. The molecule has 0 aromatic carbocycles. The van der Waals surface area contributed by atoms with Crippen LogP contribution in [0.3, 0.4) is 0 Å². The molecule has 1 aliphatic rings. The normalized spacial score (nSPS) is 13.1.